The van der Waals surface area contributed by atoms with Gasteiger partial charge in [0.25, 0.3) is 0 Å². The molecule has 0 aliphatic carbocycles. The number of aromatic nitrogens is 3. The van der Waals surface area contributed by atoms with Gasteiger partial charge in [-0.1, -0.05) is 6.92 Å². The Morgan fingerprint density at radius 2 is 2.24 bits per heavy atom. The number of aryl methyl sites for hydroxylation is 1. The Balaban J connectivity index is 2.18. The lowest BCUT2D eigenvalue weighted by molar-refractivity contribution is 0.661. The predicted octanol–water partition coefficient (Wildman–Crippen LogP) is 2.11. The van der Waals surface area contributed by atoms with Gasteiger partial charge in [-0.15, -0.1) is 11.3 Å². The average molecular weight is 250 g/mol. The largest absolute Gasteiger partial charge is 0.313 e. The Bertz CT molecular complexity index is 473. The maximum atomic E-state index is 4.59. The van der Waals surface area contributed by atoms with Gasteiger partial charge >= 0.3 is 0 Å². The molecule has 0 unspecified atom stereocenters. The van der Waals surface area contributed by atoms with Crippen LogP contribution in [0.15, 0.2) is 11.7 Å². The van der Waals surface area contributed by atoms with Crippen molar-refractivity contribution in [2.24, 2.45) is 0 Å². The lowest BCUT2D eigenvalue weighted by Crippen LogP contribution is -2.13. The summed E-state index contributed by atoms with van der Waals surface area (Å²) in [6.07, 6.45) is 1.91. The van der Waals surface area contributed by atoms with E-state index >= 15 is 0 Å². The lowest BCUT2D eigenvalue weighted by atomic mass is 10.2. The number of thiazole rings is 1. The highest BCUT2D eigenvalue weighted by molar-refractivity contribution is 7.09. The summed E-state index contributed by atoms with van der Waals surface area (Å²) in [5, 5.41) is 7.95. The van der Waals surface area contributed by atoms with Gasteiger partial charge in [0.05, 0.1) is 17.7 Å². The number of hydrogen-bond donors (Lipinski definition) is 1. The molecular weight excluding hydrogens is 232 g/mol. The van der Waals surface area contributed by atoms with Crippen molar-refractivity contribution in [1.29, 1.82) is 0 Å². The van der Waals surface area contributed by atoms with Gasteiger partial charge in [-0.25, -0.2) is 0 Å². The van der Waals surface area contributed by atoms with Crippen molar-refractivity contribution in [3.8, 4) is 0 Å². The van der Waals surface area contributed by atoms with Gasteiger partial charge in [0, 0.05) is 28.9 Å². The van der Waals surface area contributed by atoms with Crippen LogP contribution in [0, 0.1) is 13.8 Å². The topological polar surface area (TPSA) is 42.7 Å². The Morgan fingerprint density at radius 3 is 2.88 bits per heavy atom. The molecule has 92 valence electrons. The van der Waals surface area contributed by atoms with E-state index < -0.39 is 0 Å². The van der Waals surface area contributed by atoms with Gasteiger partial charge in [0.1, 0.15) is 0 Å². The molecule has 0 aromatic carbocycles. The van der Waals surface area contributed by atoms with Crippen molar-refractivity contribution >= 4 is 11.3 Å². The number of rotatable bonds is 5. The van der Waals surface area contributed by atoms with Gasteiger partial charge in [0.15, 0.2) is 0 Å². The van der Waals surface area contributed by atoms with E-state index in [1.54, 1.807) is 11.3 Å². The molecule has 0 saturated heterocycles. The molecule has 0 saturated carbocycles. The van der Waals surface area contributed by atoms with Crippen LogP contribution in [0.4, 0.5) is 0 Å². The molecule has 2 rings (SSSR count). The average Bonchev–Trinajstić information content (AvgIpc) is 2.89. The van der Waals surface area contributed by atoms with Gasteiger partial charge in [0.2, 0.25) is 0 Å². The Morgan fingerprint density at radius 1 is 1.41 bits per heavy atom. The molecule has 0 fully saturated rings. The lowest BCUT2D eigenvalue weighted by Gasteiger charge is -2.04. The van der Waals surface area contributed by atoms with Crippen LogP contribution in [0.2, 0.25) is 0 Å². The Hall–Kier alpha value is -1.20. The minimum Gasteiger partial charge on any atom is -0.313 e. The predicted molar refractivity (Wildman–Crippen MR) is 70.3 cm³/mol. The zero-order chi connectivity index (χ0) is 12.3. The fourth-order valence-corrected chi connectivity index (χ4v) is 2.44. The smallest absolute Gasteiger partial charge is 0.0794 e. The highest BCUT2D eigenvalue weighted by atomic mass is 32.1. The molecule has 0 amide bonds. The van der Waals surface area contributed by atoms with Gasteiger partial charge in [-0.2, -0.15) is 5.10 Å². The van der Waals surface area contributed by atoms with E-state index in [9.17, 15) is 0 Å². The van der Waals surface area contributed by atoms with E-state index in [2.05, 4.69) is 40.9 Å². The van der Waals surface area contributed by atoms with E-state index in [4.69, 9.17) is 0 Å². The molecular formula is C12H18N4S. The van der Waals surface area contributed by atoms with Crippen molar-refractivity contribution in [3.05, 3.63) is 33.5 Å². The van der Waals surface area contributed by atoms with Crippen LogP contribution >= 0.6 is 11.3 Å². The summed E-state index contributed by atoms with van der Waals surface area (Å²) in [5.41, 5.74) is 5.54. The second-order valence-corrected chi connectivity index (χ2v) is 5.03. The van der Waals surface area contributed by atoms with E-state index in [0.717, 1.165) is 25.3 Å². The standard InChI is InChI=1S/C12H18N4S/c1-4-13-6-12-9(2)15-16(10(12)3)7-11-5-14-8-17-11/h5,8,13H,4,6-7H2,1-3H3. The number of hydrogen-bond acceptors (Lipinski definition) is 4. The molecule has 2 aromatic rings. The molecule has 2 aromatic heterocycles. The molecule has 5 heteroatoms. The molecule has 17 heavy (non-hydrogen) atoms. The molecule has 2 heterocycles. The second-order valence-electron chi connectivity index (χ2n) is 4.06. The monoisotopic (exact) mass is 250 g/mol. The minimum atomic E-state index is 0.823. The third-order valence-electron chi connectivity index (χ3n) is 2.87. The maximum absolute atomic E-state index is 4.59. The molecule has 0 atom stereocenters. The van der Waals surface area contributed by atoms with Crippen molar-refractivity contribution in [2.45, 2.75) is 33.9 Å². The fraction of sp³-hybridized carbons (Fsp3) is 0.500. The van der Waals surface area contributed by atoms with Crippen LogP contribution in [0.25, 0.3) is 0 Å². The summed E-state index contributed by atoms with van der Waals surface area (Å²) in [4.78, 5) is 5.33. The first-order chi connectivity index (χ1) is 8.22. The SMILES string of the molecule is CCNCc1c(C)nn(Cc2cncs2)c1C. The van der Waals surface area contributed by atoms with E-state index in [1.165, 1.54) is 16.1 Å². The van der Waals surface area contributed by atoms with Crippen LogP contribution in [-0.4, -0.2) is 21.3 Å². The molecule has 0 aliphatic rings. The summed E-state index contributed by atoms with van der Waals surface area (Å²) in [5.74, 6) is 0. The van der Waals surface area contributed by atoms with Gasteiger partial charge < -0.3 is 5.32 Å². The Kier molecular flexibility index (Phi) is 3.91. The van der Waals surface area contributed by atoms with Gasteiger partial charge in [-0.05, 0) is 20.4 Å². The summed E-state index contributed by atoms with van der Waals surface area (Å²) in [6.45, 7) is 9.03. The van der Waals surface area contributed by atoms with Crippen molar-refractivity contribution < 1.29 is 0 Å². The zero-order valence-electron chi connectivity index (χ0n) is 10.5. The van der Waals surface area contributed by atoms with E-state index in [-0.39, 0.29) is 0 Å². The summed E-state index contributed by atoms with van der Waals surface area (Å²) < 4.78 is 2.06. The molecule has 1 N–H and O–H groups in total. The molecule has 0 bridgehead atoms. The third-order valence-corrected chi connectivity index (χ3v) is 3.64. The van der Waals surface area contributed by atoms with Crippen LogP contribution in [0.3, 0.4) is 0 Å². The molecule has 4 nitrogen and oxygen atoms in total. The molecule has 0 spiro atoms. The van der Waals surface area contributed by atoms with Crippen LogP contribution in [0.1, 0.15) is 28.8 Å². The van der Waals surface area contributed by atoms with Gasteiger partial charge in [-0.3, -0.25) is 9.67 Å². The third kappa shape index (κ3) is 2.73. The zero-order valence-corrected chi connectivity index (χ0v) is 11.3. The highest BCUT2D eigenvalue weighted by Crippen LogP contribution is 2.15. The summed E-state index contributed by atoms with van der Waals surface area (Å²) in [6, 6.07) is 0. The second kappa shape index (κ2) is 5.42. The van der Waals surface area contributed by atoms with Crippen LogP contribution in [0.5, 0.6) is 0 Å². The Labute approximate surface area is 106 Å². The molecule has 0 aliphatic heterocycles. The maximum Gasteiger partial charge on any atom is 0.0794 e. The van der Waals surface area contributed by atoms with Crippen molar-refractivity contribution in [1.82, 2.24) is 20.1 Å². The highest BCUT2D eigenvalue weighted by Gasteiger charge is 2.11. The summed E-state index contributed by atoms with van der Waals surface area (Å²) >= 11 is 1.67. The number of nitrogens with zero attached hydrogens (tertiary/aromatic N) is 3. The fourth-order valence-electron chi connectivity index (χ4n) is 1.86. The minimum absolute atomic E-state index is 0.823. The van der Waals surface area contributed by atoms with Crippen LogP contribution in [-0.2, 0) is 13.1 Å². The first kappa shape index (κ1) is 12.3. The molecule has 0 radical (unpaired) electrons. The van der Waals surface area contributed by atoms with Crippen LogP contribution < -0.4 is 5.32 Å². The first-order valence-electron chi connectivity index (χ1n) is 5.83. The number of nitrogens with one attached hydrogen (secondary N) is 1. The normalized spacial score (nSPS) is 11.0. The quantitative estimate of drug-likeness (QED) is 0.884. The first-order valence-corrected chi connectivity index (χ1v) is 6.71. The summed E-state index contributed by atoms with van der Waals surface area (Å²) in [7, 11) is 0. The van der Waals surface area contributed by atoms with E-state index in [1.807, 2.05) is 11.7 Å². The van der Waals surface area contributed by atoms with Crippen molar-refractivity contribution in [3.63, 3.8) is 0 Å². The van der Waals surface area contributed by atoms with Crippen molar-refractivity contribution in [2.75, 3.05) is 6.54 Å². The van der Waals surface area contributed by atoms with E-state index in [0.29, 0.717) is 0 Å².